The van der Waals surface area contributed by atoms with Crippen molar-refractivity contribution in [2.75, 3.05) is 33.3 Å². The van der Waals surface area contributed by atoms with Crippen LogP contribution in [0.1, 0.15) is 10.4 Å². The van der Waals surface area contributed by atoms with Crippen molar-refractivity contribution in [3.05, 3.63) is 72.3 Å². The summed E-state index contributed by atoms with van der Waals surface area (Å²) in [4.78, 5) is 12.0. The third-order valence-electron chi connectivity index (χ3n) is 5.47. The molecule has 32 heavy (non-hydrogen) atoms. The number of nitrogens with zero attached hydrogens (tertiary/aromatic N) is 2. The fourth-order valence-corrected chi connectivity index (χ4v) is 6.80. The SMILES string of the molecule is COC(=O)c1ccccc1S(=O)(=O)N1CCN(S(=O)(=O)c2ccc3ccccc3c2)CC1. The van der Waals surface area contributed by atoms with E-state index in [0.717, 1.165) is 10.8 Å². The highest BCUT2D eigenvalue weighted by Crippen LogP contribution is 2.26. The lowest BCUT2D eigenvalue weighted by Gasteiger charge is -2.33. The van der Waals surface area contributed by atoms with Gasteiger partial charge in [-0.3, -0.25) is 0 Å². The van der Waals surface area contributed by atoms with Gasteiger partial charge in [0, 0.05) is 26.2 Å². The number of benzene rings is 3. The first-order valence-electron chi connectivity index (χ1n) is 9.91. The van der Waals surface area contributed by atoms with Gasteiger partial charge in [0.1, 0.15) is 0 Å². The topological polar surface area (TPSA) is 101 Å². The summed E-state index contributed by atoms with van der Waals surface area (Å²) >= 11 is 0. The van der Waals surface area contributed by atoms with Gasteiger partial charge in [-0.1, -0.05) is 42.5 Å². The van der Waals surface area contributed by atoms with E-state index in [1.165, 1.54) is 33.9 Å². The zero-order chi connectivity index (χ0) is 22.9. The summed E-state index contributed by atoms with van der Waals surface area (Å²) in [5.74, 6) is -0.748. The minimum atomic E-state index is -4.00. The van der Waals surface area contributed by atoms with Crippen LogP contribution in [0.4, 0.5) is 0 Å². The largest absolute Gasteiger partial charge is 0.465 e. The van der Waals surface area contributed by atoms with Crippen LogP contribution in [-0.4, -0.2) is 64.7 Å². The van der Waals surface area contributed by atoms with E-state index < -0.39 is 26.0 Å². The fraction of sp³-hybridized carbons (Fsp3) is 0.227. The van der Waals surface area contributed by atoms with E-state index in [1.54, 1.807) is 24.3 Å². The number of sulfonamides is 2. The molecular formula is C22H22N2O6S2. The van der Waals surface area contributed by atoms with E-state index in [2.05, 4.69) is 0 Å². The van der Waals surface area contributed by atoms with Crippen LogP contribution in [0.25, 0.3) is 10.8 Å². The van der Waals surface area contributed by atoms with Crippen LogP contribution in [0.15, 0.2) is 76.5 Å². The number of piperazine rings is 1. The first-order valence-corrected chi connectivity index (χ1v) is 12.8. The number of fused-ring (bicyclic) bond motifs is 1. The maximum atomic E-state index is 13.2. The Morgan fingerprint density at radius 1 is 0.750 bits per heavy atom. The Labute approximate surface area is 187 Å². The van der Waals surface area contributed by atoms with Gasteiger partial charge >= 0.3 is 5.97 Å². The van der Waals surface area contributed by atoms with Crippen LogP contribution < -0.4 is 0 Å². The molecule has 0 aromatic heterocycles. The van der Waals surface area contributed by atoms with Gasteiger partial charge in [-0.2, -0.15) is 8.61 Å². The summed E-state index contributed by atoms with van der Waals surface area (Å²) in [5.41, 5.74) is -0.0544. The zero-order valence-corrected chi connectivity index (χ0v) is 19.0. The molecule has 0 unspecified atom stereocenters. The second-order valence-corrected chi connectivity index (χ2v) is 11.1. The molecule has 0 aliphatic carbocycles. The van der Waals surface area contributed by atoms with Crippen LogP contribution in [-0.2, 0) is 24.8 Å². The molecule has 1 saturated heterocycles. The Balaban J connectivity index is 1.55. The third-order valence-corrected chi connectivity index (χ3v) is 9.32. The van der Waals surface area contributed by atoms with Gasteiger partial charge < -0.3 is 4.74 Å². The Kier molecular flexibility index (Phi) is 6.04. The molecule has 1 aliphatic heterocycles. The highest BCUT2D eigenvalue weighted by atomic mass is 32.2. The van der Waals surface area contributed by atoms with Gasteiger partial charge in [-0.15, -0.1) is 0 Å². The van der Waals surface area contributed by atoms with Crippen LogP contribution in [0.3, 0.4) is 0 Å². The van der Waals surface area contributed by atoms with Crippen LogP contribution in [0.5, 0.6) is 0 Å². The molecule has 8 nitrogen and oxygen atoms in total. The molecule has 0 amide bonds. The van der Waals surface area contributed by atoms with Gasteiger partial charge in [0.15, 0.2) is 0 Å². The standard InChI is InChI=1S/C22H22N2O6S2/c1-30-22(25)20-8-4-5-9-21(20)32(28,29)24-14-12-23(13-15-24)31(26,27)19-11-10-17-6-2-3-7-18(17)16-19/h2-11,16H,12-15H2,1H3. The molecule has 0 bridgehead atoms. The van der Waals surface area contributed by atoms with Crippen LogP contribution >= 0.6 is 0 Å². The minimum absolute atomic E-state index is 0.00871. The highest BCUT2D eigenvalue weighted by Gasteiger charge is 2.35. The normalized spacial score (nSPS) is 16.2. The molecule has 1 heterocycles. The molecule has 168 valence electrons. The monoisotopic (exact) mass is 474 g/mol. The van der Waals surface area contributed by atoms with Crippen molar-refractivity contribution >= 4 is 36.8 Å². The zero-order valence-electron chi connectivity index (χ0n) is 17.3. The molecular weight excluding hydrogens is 452 g/mol. The predicted octanol–water partition coefficient (Wildman–Crippen LogP) is 2.32. The molecule has 10 heteroatoms. The van der Waals surface area contributed by atoms with Gasteiger partial charge in [0.25, 0.3) is 0 Å². The van der Waals surface area contributed by atoms with E-state index in [4.69, 9.17) is 4.74 Å². The molecule has 3 aromatic rings. The first-order chi connectivity index (χ1) is 15.2. The van der Waals surface area contributed by atoms with Gasteiger partial charge in [0.05, 0.1) is 22.5 Å². The van der Waals surface area contributed by atoms with E-state index in [9.17, 15) is 21.6 Å². The average Bonchev–Trinajstić information content (AvgIpc) is 2.83. The summed E-state index contributed by atoms with van der Waals surface area (Å²) in [5, 5.41) is 1.75. The number of rotatable bonds is 5. The molecule has 3 aromatic carbocycles. The molecule has 0 N–H and O–H groups in total. The van der Waals surface area contributed by atoms with Crippen molar-refractivity contribution in [2.24, 2.45) is 0 Å². The molecule has 1 fully saturated rings. The van der Waals surface area contributed by atoms with Gasteiger partial charge in [0.2, 0.25) is 20.0 Å². The molecule has 4 rings (SSSR count). The number of carbonyl (C=O) groups excluding carboxylic acids is 1. The van der Waals surface area contributed by atoms with E-state index >= 15 is 0 Å². The van der Waals surface area contributed by atoms with E-state index in [1.807, 2.05) is 24.3 Å². The Bertz CT molecular complexity index is 1380. The Hall–Kier alpha value is -2.79. The number of esters is 1. The Morgan fingerprint density at radius 3 is 1.97 bits per heavy atom. The highest BCUT2D eigenvalue weighted by molar-refractivity contribution is 7.89. The quantitative estimate of drug-likeness (QED) is 0.526. The van der Waals surface area contributed by atoms with E-state index in [0.29, 0.717) is 0 Å². The lowest BCUT2D eigenvalue weighted by atomic mass is 10.1. The molecule has 0 radical (unpaired) electrons. The number of hydrogen-bond donors (Lipinski definition) is 0. The second kappa shape index (κ2) is 8.62. The van der Waals surface area contributed by atoms with Gasteiger partial charge in [-0.05, 0) is 35.0 Å². The van der Waals surface area contributed by atoms with Crippen LogP contribution in [0.2, 0.25) is 0 Å². The smallest absolute Gasteiger partial charge is 0.339 e. The number of hydrogen-bond acceptors (Lipinski definition) is 6. The lowest BCUT2D eigenvalue weighted by Crippen LogP contribution is -2.50. The summed E-state index contributed by atoms with van der Waals surface area (Å²) in [7, 11) is -6.59. The van der Waals surface area contributed by atoms with E-state index in [-0.39, 0.29) is 41.5 Å². The van der Waals surface area contributed by atoms with Crippen molar-refractivity contribution in [2.45, 2.75) is 9.79 Å². The van der Waals surface area contributed by atoms with Gasteiger partial charge in [-0.25, -0.2) is 21.6 Å². The second-order valence-electron chi connectivity index (χ2n) is 7.30. The summed E-state index contributed by atoms with van der Waals surface area (Å²) in [6.45, 7) is -0.0289. The van der Waals surface area contributed by atoms with Crippen molar-refractivity contribution < 1.29 is 26.4 Å². The van der Waals surface area contributed by atoms with Crippen molar-refractivity contribution in [3.63, 3.8) is 0 Å². The van der Waals surface area contributed by atoms with Crippen molar-refractivity contribution in [3.8, 4) is 0 Å². The predicted molar refractivity (Wildman–Crippen MR) is 119 cm³/mol. The van der Waals surface area contributed by atoms with Crippen LogP contribution in [0, 0.1) is 0 Å². The fourth-order valence-electron chi connectivity index (χ4n) is 3.74. The summed E-state index contributed by atoms with van der Waals surface area (Å²) in [6, 6.07) is 18.2. The first kappa shape index (κ1) is 22.4. The maximum absolute atomic E-state index is 13.2. The third kappa shape index (κ3) is 4.02. The number of carbonyl (C=O) groups is 1. The average molecular weight is 475 g/mol. The van der Waals surface area contributed by atoms with Crippen molar-refractivity contribution in [1.82, 2.24) is 8.61 Å². The minimum Gasteiger partial charge on any atom is -0.465 e. The summed E-state index contributed by atoms with van der Waals surface area (Å²) in [6.07, 6.45) is 0. The summed E-state index contributed by atoms with van der Waals surface area (Å²) < 4.78 is 59.7. The Morgan fingerprint density at radius 2 is 1.31 bits per heavy atom. The molecule has 0 atom stereocenters. The number of methoxy groups -OCH3 is 1. The number of ether oxygens (including phenoxy) is 1. The molecule has 0 spiro atoms. The maximum Gasteiger partial charge on any atom is 0.339 e. The molecule has 1 aliphatic rings. The van der Waals surface area contributed by atoms with Crippen molar-refractivity contribution in [1.29, 1.82) is 0 Å². The molecule has 0 saturated carbocycles. The lowest BCUT2D eigenvalue weighted by molar-refractivity contribution is 0.0596.